The minimum atomic E-state index is 0.314. The van der Waals surface area contributed by atoms with Gasteiger partial charge in [0.15, 0.2) is 0 Å². The molecule has 102 valence electrons. The molecule has 2 aromatic heterocycles. The topological polar surface area (TPSA) is 24.9 Å². The highest BCUT2D eigenvalue weighted by molar-refractivity contribution is 9.11. The molecule has 2 aromatic rings. The van der Waals surface area contributed by atoms with Crippen molar-refractivity contribution < 1.29 is 0 Å². The van der Waals surface area contributed by atoms with E-state index in [4.69, 9.17) is 0 Å². The second-order valence-electron chi connectivity index (χ2n) is 4.89. The molecule has 2 rings (SSSR count). The summed E-state index contributed by atoms with van der Waals surface area (Å²) in [5.41, 5.74) is 4.86. The third-order valence-corrected chi connectivity index (χ3v) is 4.85. The number of pyridine rings is 1. The second-order valence-corrected chi connectivity index (χ2v) is 7.44. The second kappa shape index (κ2) is 6.16. The normalized spacial score (nSPS) is 12.7. The van der Waals surface area contributed by atoms with E-state index in [1.165, 1.54) is 19.8 Å². The maximum atomic E-state index is 4.57. The van der Waals surface area contributed by atoms with Gasteiger partial charge in [0.1, 0.15) is 0 Å². The molecule has 0 aliphatic heterocycles. The quantitative estimate of drug-likeness (QED) is 0.875. The molecule has 2 nitrogen and oxygen atoms in total. The molecular formula is C15H19BrN2S. The zero-order valence-electron chi connectivity index (χ0n) is 11.7. The molecule has 1 unspecified atom stereocenters. The van der Waals surface area contributed by atoms with E-state index < -0.39 is 0 Å². The predicted octanol–water partition coefficient (Wildman–Crippen LogP) is 4.68. The number of rotatable bonds is 4. The molecule has 0 aromatic carbocycles. The van der Waals surface area contributed by atoms with Crippen molar-refractivity contribution in [1.82, 2.24) is 10.3 Å². The average molecular weight is 339 g/mol. The zero-order valence-corrected chi connectivity index (χ0v) is 14.2. The summed E-state index contributed by atoms with van der Waals surface area (Å²) in [5.74, 6) is 0. The van der Waals surface area contributed by atoms with Crippen LogP contribution in [-0.4, -0.2) is 4.98 Å². The Balaban J connectivity index is 2.10. The van der Waals surface area contributed by atoms with E-state index in [9.17, 15) is 0 Å². The van der Waals surface area contributed by atoms with Gasteiger partial charge in [-0.15, -0.1) is 11.3 Å². The van der Waals surface area contributed by atoms with Gasteiger partial charge in [-0.25, -0.2) is 0 Å². The molecule has 1 atom stereocenters. The SMILES string of the molecule is Cc1cc(C)c(C(C)NCc2ccc(Br)s2)c(C)n1. The van der Waals surface area contributed by atoms with Crippen LogP contribution in [0.2, 0.25) is 0 Å². The first-order valence-corrected chi connectivity index (χ1v) is 8.00. The Hall–Kier alpha value is -0.710. The van der Waals surface area contributed by atoms with Gasteiger partial charge in [-0.2, -0.15) is 0 Å². The van der Waals surface area contributed by atoms with E-state index in [1.54, 1.807) is 11.3 Å². The Morgan fingerprint density at radius 1 is 1.32 bits per heavy atom. The summed E-state index contributed by atoms with van der Waals surface area (Å²) < 4.78 is 1.18. The number of halogens is 1. The fourth-order valence-corrected chi connectivity index (χ4v) is 3.92. The molecule has 0 spiro atoms. The highest BCUT2D eigenvalue weighted by atomic mass is 79.9. The summed E-state index contributed by atoms with van der Waals surface area (Å²) in [6, 6.07) is 6.72. The van der Waals surface area contributed by atoms with Crippen molar-refractivity contribution in [3.05, 3.63) is 49.4 Å². The van der Waals surface area contributed by atoms with Gasteiger partial charge in [0.2, 0.25) is 0 Å². The number of nitrogens with zero attached hydrogens (tertiary/aromatic N) is 1. The lowest BCUT2D eigenvalue weighted by molar-refractivity contribution is 0.570. The summed E-state index contributed by atoms with van der Waals surface area (Å²) in [6.07, 6.45) is 0. The summed E-state index contributed by atoms with van der Waals surface area (Å²) in [6.45, 7) is 9.40. The van der Waals surface area contributed by atoms with Crippen LogP contribution in [0.3, 0.4) is 0 Å². The van der Waals surface area contributed by atoms with Crippen LogP contribution in [0, 0.1) is 20.8 Å². The van der Waals surface area contributed by atoms with Gasteiger partial charge in [-0.05, 0) is 73.0 Å². The zero-order chi connectivity index (χ0) is 14.0. The molecular weight excluding hydrogens is 320 g/mol. The van der Waals surface area contributed by atoms with Gasteiger partial charge in [0, 0.05) is 28.9 Å². The van der Waals surface area contributed by atoms with Gasteiger partial charge in [-0.3, -0.25) is 4.98 Å². The van der Waals surface area contributed by atoms with Gasteiger partial charge >= 0.3 is 0 Å². The van der Waals surface area contributed by atoms with Gasteiger partial charge < -0.3 is 5.32 Å². The van der Waals surface area contributed by atoms with E-state index in [2.05, 4.69) is 65.2 Å². The Morgan fingerprint density at radius 2 is 2.05 bits per heavy atom. The van der Waals surface area contributed by atoms with Crippen molar-refractivity contribution in [2.24, 2.45) is 0 Å². The maximum Gasteiger partial charge on any atom is 0.0701 e. The smallest absolute Gasteiger partial charge is 0.0701 e. The summed E-state index contributed by atoms with van der Waals surface area (Å²) in [5, 5.41) is 3.58. The van der Waals surface area contributed by atoms with Crippen LogP contribution in [-0.2, 0) is 6.54 Å². The Kier molecular flexibility index (Phi) is 4.76. The predicted molar refractivity (Wildman–Crippen MR) is 85.7 cm³/mol. The minimum absolute atomic E-state index is 0.314. The van der Waals surface area contributed by atoms with Crippen LogP contribution >= 0.6 is 27.3 Å². The molecule has 2 heterocycles. The largest absolute Gasteiger partial charge is 0.305 e. The van der Waals surface area contributed by atoms with Gasteiger partial charge in [-0.1, -0.05) is 0 Å². The first-order valence-electron chi connectivity index (χ1n) is 6.39. The van der Waals surface area contributed by atoms with Crippen molar-refractivity contribution in [2.45, 2.75) is 40.3 Å². The average Bonchev–Trinajstić information content (AvgIpc) is 2.71. The van der Waals surface area contributed by atoms with Crippen LogP contribution in [0.4, 0.5) is 0 Å². The van der Waals surface area contributed by atoms with Crippen LogP contribution < -0.4 is 5.32 Å². The molecule has 0 saturated carbocycles. The number of aryl methyl sites for hydroxylation is 3. The van der Waals surface area contributed by atoms with Crippen LogP contribution in [0.5, 0.6) is 0 Å². The fraction of sp³-hybridized carbons (Fsp3) is 0.400. The van der Waals surface area contributed by atoms with Crippen molar-refractivity contribution in [3.8, 4) is 0 Å². The molecule has 0 fully saturated rings. The number of hydrogen-bond acceptors (Lipinski definition) is 3. The number of aromatic nitrogens is 1. The Morgan fingerprint density at radius 3 is 2.63 bits per heavy atom. The molecule has 0 bridgehead atoms. The minimum Gasteiger partial charge on any atom is -0.305 e. The highest BCUT2D eigenvalue weighted by Gasteiger charge is 2.13. The van der Waals surface area contributed by atoms with Gasteiger partial charge in [0.05, 0.1) is 3.79 Å². The van der Waals surface area contributed by atoms with Crippen molar-refractivity contribution in [3.63, 3.8) is 0 Å². The van der Waals surface area contributed by atoms with E-state index in [-0.39, 0.29) is 0 Å². The molecule has 0 aliphatic rings. The first-order chi connectivity index (χ1) is 8.97. The van der Waals surface area contributed by atoms with Gasteiger partial charge in [0.25, 0.3) is 0 Å². The lowest BCUT2D eigenvalue weighted by Crippen LogP contribution is -2.20. The molecule has 19 heavy (non-hydrogen) atoms. The van der Waals surface area contributed by atoms with Crippen LogP contribution in [0.1, 0.15) is 40.4 Å². The Labute approximate surface area is 127 Å². The molecule has 0 amide bonds. The number of hydrogen-bond donors (Lipinski definition) is 1. The maximum absolute atomic E-state index is 4.57. The van der Waals surface area contributed by atoms with Crippen molar-refractivity contribution >= 4 is 27.3 Å². The third kappa shape index (κ3) is 3.65. The van der Waals surface area contributed by atoms with Crippen molar-refractivity contribution in [1.29, 1.82) is 0 Å². The van der Waals surface area contributed by atoms with E-state index in [0.717, 1.165) is 17.9 Å². The molecule has 0 aliphatic carbocycles. The summed E-state index contributed by atoms with van der Waals surface area (Å²) in [7, 11) is 0. The van der Waals surface area contributed by atoms with Crippen molar-refractivity contribution in [2.75, 3.05) is 0 Å². The fourth-order valence-electron chi connectivity index (χ4n) is 2.49. The highest BCUT2D eigenvalue weighted by Crippen LogP contribution is 2.24. The van der Waals surface area contributed by atoms with E-state index in [0.29, 0.717) is 6.04 Å². The standard InChI is InChI=1S/C15H19BrN2S/c1-9-7-10(2)18-12(4)15(9)11(3)17-8-13-5-6-14(16)19-13/h5-7,11,17H,8H2,1-4H3. The van der Waals surface area contributed by atoms with E-state index in [1.807, 2.05) is 6.92 Å². The first kappa shape index (κ1) is 14.7. The van der Waals surface area contributed by atoms with E-state index >= 15 is 0 Å². The van der Waals surface area contributed by atoms with Crippen LogP contribution in [0.25, 0.3) is 0 Å². The van der Waals surface area contributed by atoms with Crippen LogP contribution in [0.15, 0.2) is 22.0 Å². The number of nitrogens with one attached hydrogen (secondary N) is 1. The lowest BCUT2D eigenvalue weighted by atomic mass is 10.0. The molecule has 1 N–H and O–H groups in total. The molecule has 4 heteroatoms. The summed E-state index contributed by atoms with van der Waals surface area (Å²) in [4.78, 5) is 5.91. The number of thiophene rings is 1. The lowest BCUT2D eigenvalue weighted by Gasteiger charge is -2.18. The summed E-state index contributed by atoms with van der Waals surface area (Å²) >= 11 is 5.27. The Bertz CT molecular complexity index is 554. The molecule has 0 radical (unpaired) electrons. The third-order valence-electron chi connectivity index (χ3n) is 3.23. The monoisotopic (exact) mass is 338 g/mol. The molecule has 0 saturated heterocycles.